The zero-order chi connectivity index (χ0) is 11.5. The third-order valence-electron chi connectivity index (χ3n) is 3.85. The second-order valence-electron chi connectivity index (χ2n) is 5.48. The van der Waals surface area contributed by atoms with Gasteiger partial charge in [0.2, 0.25) is 0 Å². The van der Waals surface area contributed by atoms with Crippen LogP contribution in [-0.4, -0.2) is 23.0 Å². The summed E-state index contributed by atoms with van der Waals surface area (Å²) in [7, 11) is 0. The molecule has 2 heteroatoms. The van der Waals surface area contributed by atoms with Crippen LogP contribution >= 0.6 is 0 Å². The molecule has 86 valence electrons. The van der Waals surface area contributed by atoms with E-state index in [1.807, 2.05) is 0 Å². The van der Waals surface area contributed by atoms with E-state index >= 15 is 0 Å². The van der Waals surface area contributed by atoms with E-state index in [0.29, 0.717) is 12.0 Å². The fourth-order valence-corrected chi connectivity index (χ4v) is 2.89. The van der Waals surface area contributed by atoms with E-state index in [2.05, 4.69) is 38.7 Å². The van der Waals surface area contributed by atoms with Crippen LogP contribution in [0.4, 0.5) is 0 Å². The minimum absolute atomic E-state index is 0.273. The van der Waals surface area contributed by atoms with Crippen LogP contribution in [0.5, 0.6) is 0 Å². The first-order valence-electron chi connectivity index (χ1n) is 6.15. The lowest BCUT2D eigenvalue weighted by Crippen LogP contribution is -2.53. The third kappa shape index (κ3) is 2.95. The Labute approximate surface area is 94.3 Å². The summed E-state index contributed by atoms with van der Waals surface area (Å²) in [5.41, 5.74) is 0.273. The molecule has 0 aromatic heterocycles. The monoisotopic (exact) mass is 208 g/mol. The predicted octanol–water partition coefficient (Wildman–Crippen LogP) is 3.19. The number of likely N-dealkylation sites (tertiary alicyclic amines) is 1. The van der Waals surface area contributed by atoms with Gasteiger partial charge in [0.05, 0.1) is 6.07 Å². The molecule has 0 aliphatic carbocycles. The molecule has 0 aromatic rings. The summed E-state index contributed by atoms with van der Waals surface area (Å²) in [5, 5.41) is 8.75. The molecule has 1 rings (SSSR count). The van der Waals surface area contributed by atoms with Gasteiger partial charge in [0.15, 0.2) is 0 Å². The summed E-state index contributed by atoms with van der Waals surface area (Å²) in [6, 6.07) is 2.98. The lowest BCUT2D eigenvalue weighted by molar-refractivity contribution is 0.0147. The molecule has 0 radical (unpaired) electrons. The summed E-state index contributed by atoms with van der Waals surface area (Å²) < 4.78 is 0. The van der Waals surface area contributed by atoms with E-state index in [0.717, 1.165) is 13.0 Å². The number of rotatable bonds is 3. The number of hydrogen-bond acceptors (Lipinski definition) is 2. The molecular formula is C13H24N2. The van der Waals surface area contributed by atoms with Crippen LogP contribution in [0.25, 0.3) is 0 Å². The lowest BCUT2D eigenvalue weighted by Gasteiger charge is -2.48. The van der Waals surface area contributed by atoms with Crippen LogP contribution in [0.2, 0.25) is 0 Å². The summed E-state index contributed by atoms with van der Waals surface area (Å²) in [6.45, 7) is 10.4. The Morgan fingerprint density at radius 1 is 1.53 bits per heavy atom. The number of nitrogens with zero attached hydrogens (tertiary/aromatic N) is 2. The van der Waals surface area contributed by atoms with Crippen molar-refractivity contribution in [3.8, 4) is 6.07 Å². The Balaban J connectivity index is 2.62. The molecule has 2 nitrogen and oxygen atoms in total. The molecule has 1 heterocycles. The van der Waals surface area contributed by atoms with E-state index in [9.17, 15) is 0 Å². The van der Waals surface area contributed by atoms with Gasteiger partial charge in [-0.25, -0.2) is 0 Å². The first-order chi connectivity index (χ1) is 7.01. The van der Waals surface area contributed by atoms with Crippen LogP contribution in [0.3, 0.4) is 0 Å². The molecule has 1 saturated heterocycles. The second-order valence-corrected chi connectivity index (χ2v) is 5.48. The quantitative estimate of drug-likeness (QED) is 0.712. The molecule has 0 spiro atoms. The van der Waals surface area contributed by atoms with Crippen molar-refractivity contribution in [1.82, 2.24) is 4.90 Å². The van der Waals surface area contributed by atoms with Crippen molar-refractivity contribution in [3.63, 3.8) is 0 Å². The van der Waals surface area contributed by atoms with Gasteiger partial charge in [-0.15, -0.1) is 0 Å². The van der Waals surface area contributed by atoms with Crippen molar-refractivity contribution in [2.45, 2.75) is 65.0 Å². The molecule has 1 aliphatic heterocycles. The van der Waals surface area contributed by atoms with Crippen LogP contribution < -0.4 is 0 Å². The molecule has 0 bridgehead atoms. The van der Waals surface area contributed by atoms with Crippen molar-refractivity contribution in [2.75, 3.05) is 6.54 Å². The Kier molecular flexibility index (Phi) is 4.16. The average molecular weight is 208 g/mol. The number of piperidine rings is 1. The molecule has 0 aromatic carbocycles. The lowest BCUT2D eigenvalue weighted by atomic mass is 9.80. The van der Waals surface area contributed by atoms with Crippen LogP contribution in [0.1, 0.15) is 53.4 Å². The molecule has 1 fully saturated rings. The normalized spacial score (nSPS) is 28.3. The summed E-state index contributed by atoms with van der Waals surface area (Å²) >= 11 is 0. The SMILES string of the molecule is CCC(C)N1CCC(CC#N)CC1(C)C. The Morgan fingerprint density at radius 2 is 2.20 bits per heavy atom. The molecular weight excluding hydrogens is 184 g/mol. The fraction of sp³-hybridized carbons (Fsp3) is 0.923. The molecule has 15 heavy (non-hydrogen) atoms. The topological polar surface area (TPSA) is 27.0 Å². The maximum Gasteiger partial charge on any atom is 0.0624 e. The predicted molar refractivity (Wildman–Crippen MR) is 63.5 cm³/mol. The summed E-state index contributed by atoms with van der Waals surface area (Å²) in [4.78, 5) is 2.61. The highest BCUT2D eigenvalue weighted by Gasteiger charge is 2.36. The largest absolute Gasteiger partial charge is 0.296 e. The minimum atomic E-state index is 0.273. The van der Waals surface area contributed by atoms with E-state index in [1.165, 1.54) is 19.3 Å². The zero-order valence-corrected chi connectivity index (χ0v) is 10.6. The zero-order valence-electron chi connectivity index (χ0n) is 10.6. The van der Waals surface area contributed by atoms with Crippen molar-refractivity contribution in [2.24, 2.45) is 5.92 Å². The van der Waals surface area contributed by atoms with Crippen LogP contribution in [-0.2, 0) is 0 Å². The van der Waals surface area contributed by atoms with Gasteiger partial charge in [-0.1, -0.05) is 6.92 Å². The number of nitriles is 1. The molecule has 0 amide bonds. The fourth-order valence-electron chi connectivity index (χ4n) is 2.89. The Bertz CT molecular complexity index is 239. The van der Waals surface area contributed by atoms with Gasteiger partial charge < -0.3 is 0 Å². The van der Waals surface area contributed by atoms with Gasteiger partial charge in [0.25, 0.3) is 0 Å². The summed E-state index contributed by atoms with van der Waals surface area (Å²) in [5.74, 6) is 0.616. The molecule has 1 aliphatic rings. The van der Waals surface area contributed by atoms with Gasteiger partial charge in [-0.05, 0) is 52.5 Å². The minimum Gasteiger partial charge on any atom is -0.296 e. The van der Waals surface area contributed by atoms with Gasteiger partial charge in [0, 0.05) is 18.0 Å². The van der Waals surface area contributed by atoms with Crippen LogP contribution in [0, 0.1) is 17.2 Å². The van der Waals surface area contributed by atoms with Crippen molar-refractivity contribution in [3.05, 3.63) is 0 Å². The van der Waals surface area contributed by atoms with E-state index in [1.54, 1.807) is 0 Å². The van der Waals surface area contributed by atoms with Gasteiger partial charge >= 0.3 is 0 Å². The third-order valence-corrected chi connectivity index (χ3v) is 3.85. The first-order valence-corrected chi connectivity index (χ1v) is 6.15. The van der Waals surface area contributed by atoms with E-state index < -0.39 is 0 Å². The maximum absolute atomic E-state index is 8.75. The molecule has 0 saturated carbocycles. The second kappa shape index (κ2) is 4.99. The van der Waals surface area contributed by atoms with Crippen LogP contribution in [0.15, 0.2) is 0 Å². The van der Waals surface area contributed by atoms with Crippen molar-refractivity contribution >= 4 is 0 Å². The maximum atomic E-state index is 8.75. The molecule has 2 unspecified atom stereocenters. The summed E-state index contributed by atoms with van der Waals surface area (Å²) in [6.07, 6.45) is 4.32. The molecule has 0 N–H and O–H groups in total. The van der Waals surface area contributed by atoms with E-state index in [-0.39, 0.29) is 5.54 Å². The Hall–Kier alpha value is -0.550. The van der Waals surface area contributed by atoms with Gasteiger partial charge in [0.1, 0.15) is 0 Å². The Morgan fingerprint density at radius 3 is 2.67 bits per heavy atom. The highest BCUT2D eigenvalue weighted by Crippen LogP contribution is 2.34. The highest BCUT2D eigenvalue weighted by molar-refractivity contribution is 4.93. The standard InChI is InChI=1S/C13H24N2/c1-5-11(2)15-9-7-12(6-8-14)10-13(15,3)4/h11-12H,5-7,9-10H2,1-4H3. The molecule has 2 atom stereocenters. The van der Waals surface area contributed by atoms with Gasteiger partial charge in [-0.3, -0.25) is 4.90 Å². The first kappa shape index (κ1) is 12.5. The smallest absolute Gasteiger partial charge is 0.0624 e. The average Bonchev–Trinajstić information content (AvgIpc) is 2.16. The van der Waals surface area contributed by atoms with E-state index in [4.69, 9.17) is 5.26 Å². The van der Waals surface area contributed by atoms with Gasteiger partial charge in [-0.2, -0.15) is 5.26 Å². The number of hydrogen-bond donors (Lipinski definition) is 0. The van der Waals surface area contributed by atoms with Crippen molar-refractivity contribution < 1.29 is 0 Å². The van der Waals surface area contributed by atoms with Crippen molar-refractivity contribution in [1.29, 1.82) is 5.26 Å². The highest BCUT2D eigenvalue weighted by atomic mass is 15.2.